The molecule has 0 aromatic heterocycles. The molecule has 0 saturated heterocycles. The van der Waals surface area contributed by atoms with E-state index in [2.05, 4.69) is 20.9 Å². The summed E-state index contributed by atoms with van der Waals surface area (Å²) in [7, 11) is 0. The van der Waals surface area contributed by atoms with E-state index in [1.807, 2.05) is 0 Å². The Morgan fingerprint density at radius 2 is 2.27 bits per heavy atom. The SMILES string of the molecule is N#CC1=CC2C(=O)C(Br)CCC2=NC1=O. The monoisotopic (exact) mass is 266 g/mol. The summed E-state index contributed by atoms with van der Waals surface area (Å²) in [5.74, 6) is -1.01. The third kappa shape index (κ3) is 1.65. The fourth-order valence-electron chi connectivity index (χ4n) is 1.75. The van der Waals surface area contributed by atoms with Gasteiger partial charge in [-0.05, 0) is 18.9 Å². The van der Waals surface area contributed by atoms with E-state index >= 15 is 0 Å². The summed E-state index contributed by atoms with van der Waals surface area (Å²) in [6.07, 6.45) is 2.73. The fraction of sp³-hybridized carbons (Fsp3) is 0.400. The number of dihydropyridines is 1. The highest BCUT2D eigenvalue weighted by atomic mass is 79.9. The van der Waals surface area contributed by atoms with Gasteiger partial charge < -0.3 is 0 Å². The van der Waals surface area contributed by atoms with E-state index in [1.54, 1.807) is 6.07 Å². The molecule has 5 heteroatoms. The molecule has 1 aliphatic carbocycles. The molecule has 1 heterocycles. The van der Waals surface area contributed by atoms with E-state index < -0.39 is 11.8 Å². The molecule has 0 N–H and O–H groups in total. The lowest BCUT2D eigenvalue weighted by molar-refractivity contribution is -0.119. The van der Waals surface area contributed by atoms with Gasteiger partial charge in [0.05, 0.1) is 10.7 Å². The molecule has 1 saturated carbocycles. The summed E-state index contributed by atoms with van der Waals surface area (Å²) in [5, 5.41) is 8.67. The van der Waals surface area contributed by atoms with Crippen LogP contribution in [-0.2, 0) is 9.59 Å². The first kappa shape index (κ1) is 10.2. The fourth-order valence-corrected chi connectivity index (χ4v) is 2.26. The number of carbonyl (C=O) groups is 2. The van der Waals surface area contributed by atoms with Crippen molar-refractivity contribution < 1.29 is 9.59 Å². The number of ketones is 1. The maximum atomic E-state index is 11.7. The maximum absolute atomic E-state index is 11.7. The Labute approximate surface area is 94.8 Å². The standard InChI is InChI=1S/C10H7BrN2O2/c11-7-1-2-8-6(9(7)14)3-5(4-12)10(15)13-8/h3,6-7H,1-2H2. The van der Waals surface area contributed by atoms with Crippen LogP contribution in [-0.4, -0.2) is 22.2 Å². The number of alkyl halides is 1. The molecule has 2 rings (SSSR count). The highest BCUT2D eigenvalue weighted by molar-refractivity contribution is 9.10. The molecular weight excluding hydrogens is 260 g/mol. The highest BCUT2D eigenvalue weighted by Crippen LogP contribution is 2.28. The molecule has 0 radical (unpaired) electrons. The molecule has 15 heavy (non-hydrogen) atoms. The predicted octanol–water partition coefficient (Wildman–Crippen LogP) is 1.16. The molecular formula is C10H7BrN2O2. The zero-order valence-electron chi connectivity index (χ0n) is 7.74. The Hall–Kier alpha value is -1.28. The molecule has 0 bridgehead atoms. The summed E-state index contributed by atoms with van der Waals surface area (Å²) in [6.45, 7) is 0. The quantitative estimate of drug-likeness (QED) is 0.618. The van der Waals surface area contributed by atoms with Crippen LogP contribution >= 0.6 is 15.9 Å². The normalized spacial score (nSPS) is 30.1. The molecule has 2 atom stereocenters. The number of carbonyl (C=O) groups excluding carboxylic acids is 2. The van der Waals surface area contributed by atoms with Crippen molar-refractivity contribution in [1.82, 2.24) is 0 Å². The number of amides is 1. The van der Waals surface area contributed by atoms with Crippen LogP contribution < -0.4 is 0 Å². The molecule has 1 aliphatic heterocycles. The predicted molar refractivity (Wildman–Crippen MR) is 56.6 cm³/mol. The first-order valence-corrected chi connectivity index (χ1v) is 5.46. The lowest BCUT2D eigenvalue weighted by Crippen LogP contribution is -2.37. The highest BCUT2D eigenvalue weighted by Gasteiger charge is 2.36. The van der Waals surface area contributed by atoms with Gasteiger partial charge in [-0.15, -0.1) is 0 Å². The van der Waals surface area contributed by atoms with Crippen molar-refractivity contribution in [2.75, 3.05) is 0 Å². The number of hydrogen-bond acceptors (Lipinski definition) is 3. The van der Waals surface area contributed by atoms with Crippen LogP contribution in [0.1, 0.15) is 12.8 Å². The maximum Gasteiger partial charge on any atom is 0.287 e. The van der Waals surface area contributed by atoms with Crippen LogP contribution in [0.2, 0.25) is 0 Å². The number of hydrogen-bond donors (Lipinski definition) is 0. The molecule has 1 amide bonds. The third-order valence-corrected chi connectivity index (χ3v) is 3.47. The lowest BCUT2D eigenvalue weighted by atomic mass is 9.83. The minimum absolute atomic E-state index is 0.0137. The van der Waals surface area contributed by atoms with Crippen molar-refractivity contribution in [2.24, 2.45) is 10.9 Å². The van der Waals surface area contributed by atoms with Crippen molar-refractivity contribution in [3.63, 3.8) is 0 Å². The Bertz CT molecular complexity index is 445. The van der Waals surface area contributed by atoms with E-state index in [0.717, 1.165) is 0 Å². The summed E-state index contributed by atoms with van der Waals surface area (Å²) < 4.78 is 0. The van der Waals surface area contributed by atoms with Crippen LogP contribution in [0.4, 0.5) is 0 Å². The van der Waals surface area contributed by atoms with E-state index in [1.165, 1.54) is 6.08 Å². The van der Waals surface area contributed by atoms with Gasteiger partial charge in [0.2, 0.25) is 0 Å². The van der Waals surface area contributed by atoms with Crippen LogP contribution in [0, 0.1) is 17.2 Å². The van der Waals surface area contributed by atoms with Crippen molar-refractivity contribution in [3.8, 4) is 6.07 Å². The molecule has 0 spiro atoms. The first-order chi connectivity index (χ1) is 7.13. The Kier molecular flexibility index (Phi) is 2.53. The van der Waals surface area contributed by atoms with Crippen molar-refractivity contribution in [3.05, 3.63) is 11.6 Å². The van der Waals surface area contributed by atoms with E-state index in [0.29, 0.717) is 18.6 Å². The summed E-state index contributed by atoms with van der Waals surface area (Å²) in [4.78, 5) is 26.6. The van der Waals surface area contributed by atoms with Crippen molar-refractivity contribution >= 4 is 33.3 Å². The topological polar surface area (TPSA) is 70.3 Å². The number of allylic oxidation sites excluding steroid dienone is 1. The number of Topliss-reactive ketones (excluding diaryl/α,β-unsaturated/α-hetero) is 1. The number of aliphatic imine (C=N–C) groups is 1. The molecule has 4 nitrogen and oxygen atoms in total. The van der Waals surface area contributed by atoms with Gasteiger partial charge in [-0.2, -0.15) is 5.26 Å². The lowest BCUT2D eigenvalue weighted by Gasteiger charge is -2.26. The van der Waals surface area contributed by atoms with Gasteiger partial charge in [0.1, 0.15) is 11.6 Å². The second kappa shape index (κ2) is 3.70. The first-order valence-electron chi connectivity index (χ1n) is 4.55. The molecule has 2 unspecified atom stereocenters. The summed E-state index contributed by atoms with van der Waals surface area (Å²) in [6, 6.07) is 1.76. The Morgan fingerprint density at radius 1 is 1.53 bits per heavy atom. The van der Waals surface area contributed by atoms with Crippen molar-refractivity contribution in [2.45, 2.75) is 17.7 Å². The summed E-state index contributed by atoms with van der Waals surface area (Å²) >= 11 is 3.27. The molecule has 2 aliphatic rings. The van der Waals surface area contributed by atoms with Gasteiger partial charge in [-0.1, -0.05) is 15.9 Å². The number of fused-ring (bicyclic) bond motifs is 1. The van der Waals surface area contributed by atoms with Crippen LogP contribution in [0.5, 0.6) is 0 Å². The van der Waals surface area contributed by atoms with Gasteiger partial charge in [-0.3, -0.25) is 9.59 Å². The molecule has 1 fully saturated rings. The van der Waals surface area contributed by atoms with E-state index in [9.17, 15) is 9.59 Å². The Balaban J connectivity index is 2.39. The smallest absolute Gasteiger partial charge is 0.287 e. The Morgan fingerprint density at radius 3 is 2.93 bits per heavy atom. The molecule has 76 valence electrons. The second-order valence-electron chi connectivity index (χ2n) is 3.49. The zero-order chi connectivity index (χ0) is 11.0. The van der Waals surface area contributed by atoms with Crippen molar-refractivity contribution in [1.29, 1.82) is 5.26 Å². The summed E-state index contributed by atoms with van der Waals surface area (Å²) in [5.41, 5.74) is 0.568. The largest absolute Gasteiger partial charge is 0.297 e. The average molecular weight is 267 g/mol. The van der Waals surface area contributed by atoms with Crippen LogP contribution in [0.3, 0.4) is 0 Å². The number of rotatable bonds is 0. The third-order valence-electron chi connectivity index (χ3n) is 2.56. The minimum Gasteiger partial charge on any atom is -0.297 e. The minimum atomic E-state index is -0.524. The number of halogens is 1. The number of nitriles is 1. The second-order valence-corrected chi connectivity index (χ2v) is 4.59. The molecule has 0 aromatic rings. The van der Waals surface area contributed by atoms with Gasteiger partial charge in [0.15, 0.2) is 5.78 Å². The zero-order valence-corrected chi connectivity index (χ0v) is 9.32. The van der Waals surface area contributed by atoms with Gasteiger partial charge in [0, 0.05) is 5.71 Å². The van der Waals surface area contributed by atoms with Gasteiger partial charge in [-0.25, -0.2) is 4.99 Å². The van der Waals surface area contributed by atoms with Gasteiger partial charge in [0.25, 0.3) is 5.91 Å². The van der Waals surface area contributed by atoms with E-state index in [-0.39, 0.29) is 16.2 Å². The average Bonchev–Trinajstić information content (AvgIpc) is 2.23. The van der Waals surface area contributed by atoms with Crippen LogP contribution in [0.15, 0.2) is 16.6 Å². The molecule has 0 aromatic carbocycles. The van der Waals surface area contributed by atoms with Gasteiger partial charge >= 0.3 is 0 Å². The van der Waals surface area contributed by atoms with E-state index in [4.69, 9.17) is 5.26 Å². The van der Waals surface area contributed by atoms with Crippen LogP contribution in [0.25, 0.3) is 0 Å². The number of nitrogens with zero attached hydrogens (tertiary/aromatic N) is 2.